The Hall–Kier alpha value is -2.92. The van der Waals surface area contributed by atoms with Crippen LogP contribution in [0.1, 0.15) is 43.8 Å². The summed E-state index contributed by atoms with van der Waals surface area (Å²) in [5.74, 6) is -3.82. The van der Waals surface area contributed by atoms with Crippen molar-refractivity contribution in [3.05, 3.63) is 65.4 Å². The van der Waals surface area contributed by atoms with Crippen molar-refractivity contribution in [1.29, 1.82) is 0 Å². The minimum atomic E-state index is -1.66. The Balaban J connectivity index is 1.39. The number of ether oxygens (including phenoxy) is 1. The lowest BCUT2D eigenvalue weighted by atomic mass is 9.71. The van der Waals surface area contributed by atoms with Crippen molar-refractivity contribution in [2.24, 2.45) is 5.41 Å². The van der Waals surface area contributed by atoms with Crippen LogP contribution in [-0.2, 0) is 4.79 Å². The molecule has 1 aliphatic rings. The second-order valence-electron chi connectivity index (χ2n) is 9.87. The number of alkyl halides is 1. The molecule has 0 saturated carbocycles. The lowest BCUT2D eigenvalue weighted by molar-refractivity contribution is -0.141. The van der Waals surface area contributed by atoms with Crippen LogP contribution in [0.3, 0.4) is 0 Å². The summed E-state index contributed by atoms with van der Waals surface area (Å²) in [5.41, 5.74) is -0.341. The number of aliphatic carboxylic acids is 1. The van der Waals surface area contributed by atoms with E-state index < -0.39 is 40.8 Å². The van der Waals surface area contributed by atoms with Gasteiger partial charge in [-0.3, -0.25) is 9.78 Å². The van der Waals surface area contributed by atoms with E-state index in [1.807, 2.05) is 0 Å². The summed E-state index contributed by atoms with van der Waals surface area (Å²) < 4.78 is 76.4. The van der Waals surface area contributed by atoms with Crippen LogP contribution in [-0.4, -0.2) is 53.5 Å². The molecule has 4 rings (SSSR count). The second kappa shape index (κ2) is 12.5. The van der Waals surface area contributed by atoms with E-state index >= 15 is 4.39 Å². The fourth-order valence-corrected chi connectivity index (χ4v) is 6.17. The molecule has 0 bridgehead atoms. The van der Waals surface area contributed by atoms with Crippen LogP contribution in [0.25, 0.3) is 10.9 Å². The molecule has 5 nitrogen and oxygen atoms in total. The SMILES string of the molecule is COc1ccc2ncc(F)c(C(F)CCC3(CC(=O)O)CCN(CCSc4c(F)cc(F)cc4F)CC3)c2c1. The van der Waals surface area contributed by atoms with Crippen molar-refractivity contribution in [3.63, 3.8) is 0 Å². The number of aromatic nitrogens is 1. The maximum Gasteiger partial charge on any atom is 0.303 e. The van der Waals surface area contributed by atoms with Crippen molar-refractivity contribution in [2.45, 2.75) is 43.2 Å². The van der Waals surface area contributed by atoms with Gasteiger partial charge in [-0.15, -0.1) is 11.8 Å². The van der Waals surface area contributed by atoms with E-state index in [1.165, 1.54) is 7.11 Å². The molecule has 2 heterocycles. The molecule has 210 valence electrons. The molecule has 1 N–H and O–H groups in total. The van der Waals surface area contributed by atoms with Crippen LogP contribution >= 0.6 is 11.8 Å². The molecule has 0 spiro atoms. The van der Waals surface area contributed by atoms with Crippen LogP contribution in [0.5, 0.6) is 5.75 Å². The van der Waals surface area contributed by atoms with Gasteiger partial charge in [0.05, 0.1) is 30.1 Å². The van der Waals surface area contributed by atoms with Gasteiger partial charge in [-0.05, 0) is 62.4 Å². The van der Waals surface area contributed by atoms with Crippen LogP contribution in [0.2, 0.25) is 0 Å². The Morgan fingerprint density at radius 3 is 2.46 bits per heavy atom. The highest BCUT2D eigenvalue weighted by atomic mass is 32.2. The molecule has 0 radical (unpaired) electrons. The standard InChI is InChI=1S/C28H29F5N2O3S/c1-38-18-2-3-24-19(14-18)26(23(33)16-34-24)20(30)4-5-28(15-25(36)37)6-8-35(9-7-28)10-11-39-27-21(31)12-17(29)13-22(27)32/h2-3,12-14,16,20H,4-11,15H2,1H3,(H,36,37). The molecule has 39 heavy (non-hydrogen) atoms. The van der Waals surface area contributed by atoms with Crippen LogP contribution in [0.15, 0.2) is 41.4 Å². The predicted molar refractivity (Wildman–Crippen MR) is 139 cm³/mol. The van der Waals surface area contributed by atoms with Gasteiger partial charge >= 0.3 is 5.97 Å². The number of carboxylic acid groups (broad SMARTS) is 1. The van der Waals surface area contributed by atoms with Gasteiger partial charge in [0.15, 0.2) is 0 Å². The van der Waals surface area contributed by atoms with Crippen molar-refractivity contribution < 1.29 is 36.6 Å². The quantitative estimate of drug-likeness (QED) is 0.200. The number of benzene rings is 2. The minimum absolute atomic E-state index is 0.0561. The first kappa shape index (κ1) is 29.1. The molecule has 2 aromatic carbocycles. The number of pyridine rings is 1. The van der Waals surface area contributed by atoms with Gasteiger partial charge < -0.3 is 14.7 Å². The molecule has 3 aromatic rings. The predicted octanol–water partition coefficient (Wildman–Crippen LogP) is 6.94. The molecule has 1 aromatic heterocycles. The minimum Gasteiger partial charge on any atom is -0.497 e. The largest absolute Gasteiger partial charge is 0.497 e. The monoisotopic (exact) mass is 568 g/mol. The van der Waals surface area contributed by atoms with Gasteiger partial charge in [0.25, 0.3) is 0 Å². The smallest absolute Gasteiger partial charge is 0.303 e. The van der Waals surface area contributed by atoms with Crippen molar-refractivity contribution in [2.75, 3.05) is 32.5 Å². The summed E-state index contributed by atoms with van der Waals surface area (Å²) in [5, 5.41) is 9.89. The molecule has 0 amide bonds. The zero-order chi connectivity index (χ0) is 28.2. The zero-order valence-electron chi connectivity index (χ0n) is 21.4. The molecule has 1 unspecified atom stereocenters. The number of hydrogen-bond donors (Lipinski definition) is 1. The van der Waals surface area contributed by atoms with E-state index in [2.05, 4.69) is 9.88 Å². The third-order valence-corrected chi connectivity index (χ3v) is 8.43. The topological polar surface area (TPSA) is 62.7 Å². The van der Waals surface area contributed by atoms with Gasteiger partial charge in [0.1, 0.15) is 35.2 Å². The molecule has 1 saturated heterocycles. The number of carbonyl (C=O) groups is 1. The van der Waals surface area contributed by atoms with Crippen molar-refractivity contribution >= 4 is 28.6 Å². The number of hydrogen-bond acceptors (Lipinski definition) is 5. The Morgan fingerprint density at radius 1 is 1.13 bits per heavy atom. The lowest BCUT2D eigenvalue weighted by Gasteiger charge is -2.41. The number of nitrogens with zero attached hydrogens (tertiary/aromatic N) is 2. The number of rotatable bonds is 11. The maximum absolute atomic E-state index is 15.6. The second-order valence-corrected chi connectivity index (χ2v) is 11.0. The summed E-state index contributed by atoms with van der Waals surface area (Å²) in [6.07, 6.45) is 0.364. The van der Waals surface area contributed by atoms with E-state index in [0.717, 1.165) is 18.0 Å². The number of thioether (sulfide) groups is 1. The van der Waals surface area contributed by atoms with Crippen LogP contribution in [0, 0.1) is 28.7 Å². The number of carboxylic acids is 1. The highest BCUT2D eigenvalue weighted by Gasteiger charge is 2.37. The van der Waals surface area contributed by atoms with Gasteiger partial charge in [0.2, 0.25) is 0 Å². The first-order valence-electron chi connectivity index (χ1n) is 12.6. The number of likely N-dealkylation sites (tertiary alicyclic amines) is 1. The third kappa shape index (κ3) is 7.00. The van der Waals surface area contributed by atoms with E-state index in [9.17, 15) is 27.5 Å². The molecule has 0 aliphatic carbocycles. The molecule has 1 aliphatic heterocycles. The Morgan fingerprint density at radius 2 is 1.82 bits per heavy atom. The molecular formula is C28H29F5N2O3S. The molecular weight excluding hydrogens is 539 g/mol. The number of piperidine rings is 1. The fourth-order valence-electron chi connectivity index (χ4n) is 5.22. The zero-order valence-corrected chi connectivity index (χ0v) is 22.2. The molecule has 1 fully saturated rings. The summed E-state index contributed by atoms with van der Waals surface area (Å²) in [6, 6.07) is 6.11. The maximum atomic E-state index is 15.6. The van der Waals surface area contributed by atoms with Gasteiger partial charge in [0, 0.05) is 35.4 Å². The average Bonchev–Trinajstić information content (AvgIpc) is 2.89. The summed E-state index contributed by atoms with van der Waals surface area (Å²) in [4.78, 5) is 17.5. The Kier molecular flexibility index (Phi) is 9.32. The first-order valence-corrected chi connectivity index (χ1v) is 13.6. The first-order chi connectivity index (χ1) is 18.6. The van der Waals surface area contributed by atoms with Crippen molar-refractivity contribution in [3.8, 4) is 5.75 Å². The van der Waals surface area contributed by atoms with Crippen LogP contribution in [0.4, 0.5) is 22.0 Å². The van der Waals surface area contributed by atoms with E-state index in [4.69, 9.17) is 4.74 Å². The van der Waals surface area contributed by atoms with Crippen LogP contribution < -0.4 is 4.74 Å². The normalized spacial score (nSPS) is 16.4. The summed E-state index contributed by atoms with van der Waals surface area (Å²) in [6.45, 7) is 1.55. The number of halogens is 5. The fraction of sp³-hybridized carbons (Fsp3) is 0.429. The third-order valence-electron chi connectivity index (χ3n) is 7.37. The number of methoxy groups -OCH3 is 1. The highest BCUT2D eigenvalue weighted by Crippen LogP contribution is 2.43. The summed E-state index contributed by atoms with van der Waals surface area (Å²) >= 11 is 0.952. The Labute approximate surface area is 227 Å². The Bertz CT molecular complexity index is 1310. The highest BCUT2D eigenvalue weighted by molar-refractivity contribution is 7.99. The van der Waals surface area contributed by atoms with Gasteiger partial charge in [-0.1, -0.05) is 0 Å². The lowest BCUT2D eigenvalue weighted by Crippen LogP contribution is -2.42. The molecule has 1 atom stereocenters. The average molecular weight is 569 g/mol. The van der Waals surface area contributed by atoms with E-state index in [-0.39, 0.29) is 29.7 Å². The van der Waals surface area contributed by atoms with Gasteiger partial charge in [-0.2, -0.15) is 0 Å². The van der Waals surface area contributed by atoms with Crippen molar-refractivity contribution in [1.82, 2.24) is 9.88 Å². The van der Waals surface area contributed by atoms with E-state index in [0.29, 0.717) is 67.0 Å². The van der Waals surface area contributed by atoms with E-state index in [1.54, 1.807) is 18.2 Å². The summed E-state index contributed by atoms with van der Waals surface area (Å²) in [7, 11) is 1.46. The molecule has 11 heteroatoms. The number of fused-ring (bicyclic) bond motifs is 1. The van der Waals surface area contributed by atoms with Gasteiger partial charge in [-0.25, -0.2) is 22.0 Å².